The lowest BCUT2D eigenvalue weighted by atomic mass is 9.90. The molecule has 1 amide bonds. The van der Waals surface area contributed by atoms with Crippen LogP contribution in [0.4, 0.5) is 0 Å². The number of carbonyl (C=O) groups is 1. The Morgan fingerprint density at radius 3 is 2.33 bits per heavy atom. The summed E-state index contributed by atoms with van der Waals surface area (Å²) in [5.74, 6) is 1.54. The zero-order valence-electron chi connectivity index (χ0n) is 16.6. The van der Waals surface area contributed by atoms with Crippen LogP contribution in [0.25, 0.3) is 0 Å². The number of fused-ring (bicyclic) bond motifs is 1. The van der Waals surface area contributed by atoms with Crippen molar-refractivity contribution in [3.8, 4) is 11.5 Å². The van der Waals surface area contributed by atoms with Crippen LogP contribution in [0, 0.1) is 0 Å². The molecule has 0 spiro atoms. The summed E-state index contributed by atoms with van der Waals surface area (Å²) in [6, 6.07) is 12.4. The Balaban J connectivity index is 1.69. The number of carbonyl (C=O) groups excluding carboxylic acids is 1. The normalized spacial score (nSPS) is 13.0. The van der Waals surface area contributed by atoms with Crippen LogP contribution in [0.15, 0.2) is 36.4 Å². The molecule has 0 aliphatic heterocycles. The van der Waals surface area contributed by atoms with E-state index in [1.165, 1.54) is 30.4 Å². The molecule has 144 valence electrons. The summed E-state index contributed by atoms with van der Waals surface area (Å²) < 4.78 is 10.7. The predicted octanol–water partition coefficient (Wildman–Crippen LogP) is 4.17. The monoisotopic (exact) mass is 367 g/mol. The fraction of sp³-hybridized carbons (Fsp3) is 0.435. The first-order valence-electron chi connectivity index (χ1n) is 9.74. The van der Waals surface area contributed by atoms with E-state index in [9.17, 15) is 4.79 Å². The van der Waals surface area contributed by atoms with E-state index in [0.717, 1.165) is 17.5 Å². The molecule has 4 nitrogen and oxygen atoms in total. The molecular weight excluding hydrogens is 338 g/mol. The number of nitrogens with zero attached hydrogens (tertiary/aromatic N) is 1. The molecular formula is C23H29NO3. The summed E-state index contributed by atoms with van der Waals surface area (Å²) in [6.07, 6.45) is 5.30. The quantitative estimate of drug-likeness (QED) is 0.737. The summed E-state index contributed by atoms with van der Waals surface area (Å²) in [4.78, 5) is 14.8. The van der Waals surface area contributed by atoms with Gasteiger partial charge in [0, 0.05) is 13.1 Å². The average molecular weight is 367 g/mol. The van der Waals surface area contributed by atoms with E-state index in [4.69, 9.17) is 9.47 Å². The molecule has 27 heavy (non-hydrogen) atoms. The molecule has 0 N–H and O–H groups in total. The number of likely N-dealkylation sites (N-methyl/N-ethyl adjacent to an activating group) is 1. The standard InChI is InChI=1S/C23H29NO3/c1-4-24(16-18-10-12-21(26-2)22(14-18)27-3)23(25)15-17-9-11-19-7-5-6-8-20(19)13-17/h9-14H,4-8,15-16H2,1-3H3. The largest absolute Gasteiger partial charge is 0.493 e. The fourth-order valence-electron chi connectivity index (χ4n) is 3.76. The van der Waals surface area contributed by atoms with Gasteiger partial charge in [0.05, 0.1) is 20.6 Å². The number of methoxy groups -OCH3 is 2. The van der Waals surface area contributed by atoms with Crippen LogP contribution in [0.2, 0.25) is 0 Å². The van der Waals surface area contributed by atoms with Gasteiger partial charge in [-0.15, -0.1) is 0 Å². The van der Waals surface area contributed by atoms with E-state index in [0.29, 0.717) is 31.0 Å². The Kier molecular flexibility index (Phi) is 6.38. The molecule has 4 heteroatoms. The minimum atomic E-state index is 0.156. The van der Waals surface area contributed by atoms with E-state index in [1.54, 1.807) is 14.2 Å². The van der Waals surface area contributed by atoms with Gasteiger partial charge in [-0.2, -0.15) is 0 Å². The maximum absolute atomic E-state index is 12.9. The van der Waals surface area contributed by atoms with Crippen molar-refractivity contribution in [1.29, 1.82) is 0 Å². The molecule has 0 saturated carbocycles. The second-order valence-electron chi connectivity index (χ2n) is 7.08. The molecule has 2 aromatic carbocycles. The molecule has 1 aliphatic rings. The Labute approximate surface area is 162 Å². The first kappa shape index (κ1) is 19.3. The van der Waals surface area contributed by atoms with Gasteiger partial charge in [-0.3, -0.25) is 4.79 Å². The predicted molar refractivity (Wildman–Crippen MR) is 107 cm³/mol. The van der Waals surface area contributed by atoms with Crippen molar-refractivity contribution in [1.82, 2.24) is 4.90 Å². The van der Waals surface area contributed by atoms with Crippen molar-refractivity contribution in [3.05, 3.63) is 58.7 Å². The highest BCUT2D eigenvalue weighted by atomic mass is 16.5. The Bertz CT molecular complexity index is 800. The van der Waals surface area contributed by atoms with Crippen molar-refractivity contribution in [2.24, 2.45) is 0 Å². The topological polar surface area (TPSA) is 38.8 Å². The average Bonchev–Trinajstić information content (AvgIpc) is 2.71. The molecule has 2 aromatic rings. The SMILES string of the molecule is CCN(Cc1ccc(OC)c(OC)c1)C(=O)Cc1ccc2c(c1)CCCC2. The molecule has 0 aromatic heterocycles. The van der Waals surface area contributed by atoms with Crippen LogP contribution < -0.4 is 9.47 Å². The Hall–Kier alpha value is -2.49. The van der Waals surface area contributed by atoms with Crippen LogP contribution in [0.3, 0.4) is 0 Å². The maximum atomic E-state index is 12.9. The smallest absolute Gasteiger partial charge is 0.227 e. The van der Waals surface area contributed by atoms with Crippen molar-refractivity contribution in [3.63, 3.8) is 0 Å². The second-order valence-corrected chi connectivity index (χ2v) is 7.08. The molecule has 1 aliphatic carbocycles. The van der Waals surface area contributed by atoms with Gasteiger partial charge in [0.15, 0.2) is 11.5 Å². The van der Waals surface area contributed by atoms with E-state index in [-0.39, 0.29) is 5.91 Å². The third-order valence-corrected chi connectivity index (χ3v) is 5.32. The van der Waals surface area contributed by atoms with Gasteiger partial charge in [0.2, 0.25) is 5.91 Å². The van der Waals surface area contributed by atoms with Gasteiger partial charge in [-0.25, -0.2) is 0 Å². The van der Waals surface area contributed by atoms with Crippen LogP contribution >= 0.6 is 0 Å². The molecule has 0 heterocycles. The van der Waals surface area contributed by atoms with Crippen LogP contribution in [-0.4, -0.2) is 31.6 Å². The van der Waals surface area contributed by atoms with Crippen molar-refractivity contribution in [2.45, 2.75) is 45.6 Å². The van der Waals surface area contributed by atoms with Crippen LogP contribution in [0.1, 0.15) is 42.0 Å². The highest BCUT2D eigenvalue weighted by Gasteiger charge is 2.16. The highest BCUT2D eigenvalue weighted by Crippen LogP contribution is 2.28. The second kappa shape index (κ2) is 8.94. The number of hydrogen-bond donors (Lipinski definition) is 0. The van der Waals surface area contributed by atoms with Crippen LogP contribution in [0.5, 0.6) is 11.5 Å². The van der Waals surface area contributed by atoms with Crippen molar-refractivity contribution in [2.75, 3.05) is 20.8 Å². The molecule has 0 saturated heterocycles. The lowest BCUT2D eigenvalue weighted by Crippen LogP contribution is -2.31. The van der Waals surface area contributed by atoms with Crippen molar-refractivity contribution < 1.29 is 14.3 Å². The molecule has 0 radical (unpaired) electrons. The van der Waals surface area contributed by atoms with Gasteiger partial charge in [-0.1, -0.05) is 24.3 Å². The Morgan fingerprint density at radius 1 is 0.926 bits per heavy atom. The van der Waals surface area contributed by atoms with Gasteiger partial charge >= 0.3 is 0 Å². The summed E-state index contributed by atoms with van der Waals surface area (Å²) in [6.45, 7) is 3.27. The number of rotatable bonds is 7. The third kappa shape index (κ3) is 4.62. The number of ether oxygens (including phenoxy) is 2. The summed E-state index contributed by atoms with van der Waals surface area (Å²) >= 11 is 0. The maximum Gasteiger partial charge on any atom is 0.227 e. The van der Waals surface area contributed by atoms with Gasteiger partial charge < -0.3 is 14.4 Å². The lowest BCUT2D eigenvalue weighted by Gasteiger charge is -2.22. The van der Waals surface area contributed by atoms with E-state index >= 15 is 0 Å². The number of amides is 1. The van der Waals surface area contributed by atoms with Crippen LogP contribution in [-0.2, 0) is 30.6 Å². The molecule has 0 fully saturated rings. The molecule has 3 rings (SSSR count). The summed E-state index contributed by atoms with van der Waals surface area (Å²) in [7, 11) is 3.25. The number of hydrogen-bond acceptors (Lipinski definition) is 3. The first-order valence-corrected chi connectivity index (χ1v) is 9.74. The zero-order valence-corrected chi connectivity index (χ0v) is 16.6. The van der Waals surface area contributed by atoms with Gasteiger partial charge in [0.25, 0.3) is 0 Å². The minimum absolute atomic E-state index is 0.156. The van der Waals surface area contributed by atoms with Crippen molar-refractivity contribution >= 4 is 5.91 Å². The first-order chi connectivity index (χ1) is 13.1. The summed E-state index contributed by atoms with van der Waals surface area (Å²) in [5.41, 5.74) is 5.03. The minimum Gasteiger partial charge on any atom is -0.493 e. The third-order valence-electron chi connectivity index (χ3n) is 5.32. The lowest BCUT2D eigenvalue weighted by molar-refractivity contribution is -0.130. The van der Waals surface area contributed by atoms with E-state index < -0.39 is 0 Å². The Morgan fingerprint density at radius 2 is 1.63 bits per heavy atom. The zero-order chi connectivity index (χ0) is 19.2. The van der Waals surface area contributed by atoms with E-state index in [2.05, 4.69) is 18.2 Å². The highest BCUT2D eigenvalue weighted by molar-refractivity contribution is 5.79. The number of aryl methyl sites for hydroxylation is 2. The molecule has 0 bridgehead atoms. The molecule has 0 atom stereocenters. The van der Waals surface area contributed by atoms with E-state index in [1.807, 2.05) is 30.0 Å². The number of benzene rings is 2. The fourth-order valence-corrected chi connectivity index (χ4v) is 3.76. The van der Waals surface area contributed by atoms with Gasteiger partial charge in [-0.05, 0) is 67.0 Å². The summed E-state index contributed by atoms with van der Waals surface area (Å²) in [5, 5.41) is 0. The molecule has 0 unspecified atom stereocenters. The van der Waals surface area contributed by atoms with Gasteiger partial charge in [0.1, 0.15) is 0 Å².